The van der Waals surface area contributed by atoms with Crippen LogP contribution in [0.4, 0.5) is 11.6 Å². The molecule has 2 atom stereocenters. The Bertz CT molecular complexity index is 441. The highest BCUT2D eigenvalue weighted by Gasteiger charge is 2.39. The Morgan fingerprint density at radius 2 is 2.21 bits per heavy atom. The molecule has 2 heterocycles. The molecular weight excluding hydrogens is 244 g/mol. The minimum absolute atomic E-state index is 0.157. The van der Waals surface area contributed by atoms with Crippen LogP contribution in [0, 0.1) is 0 Å². The fourth-order valence-electron chi connectivity index (χ4n) is 2.35. The van der Waals surface area contributed by atoms with Crippen molar-refractivity contribution >= 4 is 11.6 Å². The Kier molecular flexibility index (Phi) is 4.21. The van der Waals surface area contributed by atoms with Crippen molar-refractivity contribution in [1.29, 1.82) is 0 Å². The van der Waals surface area contributed by atoms with E-state index in [0.717, 1.165) is 23.6 Å². The lowest BCUT2D eigenvalue weighted by Gasteiger charge is -2.27. The molecular formula is C13H22N4O2. The van der Waals surface area contributed by atoms with E-state index in [1.165, 1.54) is 6.33 Å². The van der Waals surface area contributed by atoms with E-state index in [1.54, 1.807) is 0 Å². The van der Waals surface area contributed by atoms with Crippen LogP contribution >= 0.6 is 0 Å². The number of aromatic nitrogens is 2. The average molecular weight is 266 g/mol. The first-order valence-electron chi connectivity index (χ1n) is 6.70. The molecule has 0 aliphatic carbocycles. The number of anilines is 2. The molecule has 0 amide bonds. The lowest BCUT2D eigenvalue weighted by atomic mass is 9.96. The molecule has 1 aromatic heterocycles. The summed E-state index contributed by atoms with van der Waals surface area (Å²) >= 11 is 0. The van der Waals surface area contributed by atoms with Gasteiger partial charge in [0.05, 0.1) is 6.10 Å². The molecule has 0 bridgehead atoms. The lowest BCUT2D eigenvalue weighted by molar-refractivity contribution is -0.0176. The van der Waals surface area contributed by atoms with Gasteiger partial charge in [0.2, 0.25) is 0 Å². The zero-order valence-electron chi connectivity index (χ0n) is 11.7. The van der Waals surface area contributed by atoms with E-state index in [1.807, 2.05) is 14.0 Å². The number of hydrogen-bond acceptors (Lipinski definition) is 6. The van der Waals surface area contributed by atoms with Gasteiger partial charge in [0.25, 0.3) is 0 Å². The highest BCUT2D eigenvalue weighted by atomic mass is 16.5. The summed E-state index contributed by atoms with van der Waals surface area (Å²) in [6.45, 7) is 4.99. The molecule has 6 nitrogen and oxygen atoms in total. The summed E-state index contributed by atoms with van der Waals surface area (Å²) in [5.74, 6) is 1.59. The molecule has 2 rings (SSSR count). The van der Waals surface area contributed by atoms with Gasteiger partial charge in [-0.05, 0) is 13.3 Å². The smallest absolute Gasteiger partial charge is 0.134 e. The Labute approximate surface area is 113 Å². The highest BCUT2D eigenvalue weighted by Crippen LogP contribution is 2.27. The predicted molar refractivity (Wildman–Crippen MR) is 74.4 cm³/mol. The van der Waals surface area contributed by atoms with Crippen molar-refractivity contribution in [2.75, 3.05) is 30.8 Å². The number of rotatable bonds is 5. The van der Waals surface area contributed by atoms with Crippen LogP contribution in [0.3, 0.4) is 0 Å². The molecule has 1 fully saturated rings. The van der Waals surface area contributed by atoms with Gasteiger partial charge in [0, 0.05) is 32.2 Å². The van der Waals surface area contributed by atoms with Crippen LogP contribution in [0.15, 0.2) is 6.33 Å². The maximum absolute atomic E-state index is 10.5. The molecule has 2 unspecified atom stereocenters. The zero-order chi connectivity index (χ0) is 13.9. The number of hydrogen-bond donors (Lipinski definition) is 3. The summed E-state index contributed by atoms with van der Waals surface area (Å²) in [7, 11) is 1.84. The van der Waals surface area contributed by atoms with E-state index in [9.17, 15) is 5.11 Å². The predicted octanol–water partition coefficient (Wildman–Crippen LogP) is 1.03. The Balaban J connectivity index is 2.11. The summed E-state index contributed by atoms with van der Waals surface area (Å²) in [6.07, 6.45) is 2.83. The molecule has 1 aromatic rings. The topological polar surface area (TPSA) is 79.3 Å². The zero-order valence-corrected chi connectivity index (χ0v) is 11.7. The molecule has 0 spiro atoms. The molecule has 3 N–H and O–H groups in total. The van der Waals surface area contributed by atoms with E-state index in [2.05, 4.69) is 27.5 Å². The van der Waals surface area contributed by atoms with Crippen molar-refractivity contribution in [3.8, 4) is 0 Å². The van der Waals surface area contributed by atoms with Crippen LogP contribution in [-0.2, 0) is 11.2 Å². The van der Waals surface area contributed by atoms with Gasteiger partial charge in [-0.25, -0.2) is 9.97 Å². The largest absolute Gasteiger partial charge is 0.385 e. The van der Waals surface area contributed by atoms with Crippen molar-refractivity contribution in [2.45, 2.75) is 38.4 Å². The van der Waals surface area contributed by atoms with Gasteiger partial charge >= 0.3 is 0 Å². The molecule has 1 aliphatic heterocycles. The number of nitrogens with zero attached hydrogens (tertiary/aromatic N) is 2. The van der Waals surface area contributed by atoms with Crippen molar-refractivity contribution in [3.63, 3.8) is 0 Å². The van der Waals surface area contributed by atoms with Crippen LogP contribution in [0.2, 0.25) is 0 Å². The van der Waals surface area contributed by atoms with E-state index >= 15 is 0 Å². The standard InChI is InChI=1S/C13H22N4O2/c1-4-10-11(14-3)16-8-17-12(10)15-7-13(18)5-6-19-9(13)2/h8-9,18H,4-7H2,1-3H3,(H2,14,15,16,17). The van der Waals surface area contributed by atoms with Gasteiger partial charge < -0.3 is 20.5 Å². The van der Waals surface area contributed by atoms with Crippen molar-refractivity contribution in [2.24, 2.45) is 0 Å². The van der Waals surface area contributed by atoms with Crippen molar-refractivity contribution < 1.29 is 9.84 Å². The summed E-state index contributed by atoms with van der Waals surface area (Å²) in [6, 6.07) is 0. The normalized spacial score (nSPS) is 26.4. The maximum Gasteiger partial charge on any atom is 0.134 e. The second-order valence-electron chi connectivity index (χ2n) is 4.87. The third kappa shape index (κ3) is 2.79. The van der Waals surface area contributed by atoms with Crippen LogP contribution in [-0.4, -0.2) is 47.0 Å². The minimum Gasteiger partial charge on any atom is -0.385 e. The van der Waals surface area contributed by atoms with Crippen LogP contribution in [0.25, 0.3) is 0 Å². The van der Waals surface area contributed by atoms with E-state index in [-0.39, 0.29) is 6.10 Å². The summed E-state index contributed by atoms with van der Waals surface area (Å²) in [5, 5.41) is 16.8. The molecule has 0 radical (unpaired) electrons. The van der Waals surface area contributed by atoms with Crippen LogP contribution < -0.4 is 10.6 Å². The van der Waals surface area contributed by atoms with Gasteiger partial charge in [-0.1, -0.05) is 6.92 Å². The van der Waals surface area contributed by atoms with Gasteiger partial charge in [-0.3, -0.25) is 0 Å². The van der Waals surface area contributed by atoms with Gasteiger partial charge in [-0.2, -0.15) is 0 Å². The quantitative estimate of drug-likeness (QED) is 0.739. The summed E-state index contributed by atoms with van der Waals surface area (Å²) in [5.41, 5.74) is 0.204. The summed E-state index contributed by atoms with van der Waals surface area (Å²) in [4.78, 5) is 8.45. The average Bonchev–Trinajstić information content (AvgIpc) is 2.76. The van der Waals surface area contributed by atoms with E-state index in [0.29, 0.717) is 19.6 Å². The molecule has 0 saturated carbocycles. The lowest BCUT2D eigenvalue weighted by Crippen LogP contribution is -2.43. The molecule has 19 heavy (non-hydrogen) atoms. The second-order valence-corrected chi connectivity index (χ2v) is 4.87. The Hall–Kier alpha value is -1.40. The number of aliphatic hydroxyl groups is 1. The first kappa shape index (κ1) is 14.0. The Morgan fingerprint density at radius 1 is 1.47 bits per heavy atom. The van der Waals surface area contributed by atoms with E-state index < -0.39 is 5.60 Å². The first-order valence-corrected chi connectivity index (χ1v) is 6.70. The molecule has 1 saturated heterocycles. The number of nitrogens with one attached hydrogen (secondary N) is 2. The first-order chi connectivity index (χ1) is 9.10. The number of ether oxygens (including phenoxy) is 1. The van der Waals surface area contributed by atoms with Crippen molar-refractivity contribution in [1.82, 2.24) is 9.97 Å². The monoisotopic (exact) mass is 266 g/mol. The second kappa shape index (κ2) is 5.71. The van der Waals surface area contributed by atoms with Crippen LogP contribution in [0.1, 0.15) is 25.8 Å². The van der Waals surface area contributed by atoms with Crippen LogP contribution in [0.5, 0.6) is 0 Å². The third-order valence-corrected chi connectivity index (χ3v) is 3.76. The third-order valence-electron chi connectivity index (χ3n) is 3.76. The van der Waals surface area contributed by atoms with Gasteiger partial charge in [-0.15, -0.1) is 0 Å². The van der Waals surface area contributed by atoms with Gasteiger partial charge in [0.1, 0.15) is 23.6 Å². The van der Waals surface area contributed by atoms with Gasteiger partial charge in [0.15, 0.2) is 0 Å². The van der Waals surface area contributed by atoms with E-state index in [4.69, 9.17) is 4.74 Å². The Morgan fingerprint density at radius 3 is 2.79 bits per heavy atom. The highest BCUT2D eigenvalue weighted by molar-refractivity contribution is 5.57. The minimum atomic E-state index is -0.824. The molecule has 1 aliphatic rings. The molecule has 106 valence electrons. The molecule has 0 aromatic carbocycles. The fourth-order valence-corrected chi connectivity index (χ4v) is 2.35. The summed E-state index contributed by atoms with van der Waals surface area (Å²) < 4.78 is 5.42. The SMILES string of the molecule is CCc1c(NC)ncnc1NCC1(O)CCOC1C. The fraction of sp³-hybridized carbons (Fsp3) is 0.692. The molecule has 6 heteroatoms. The maximum atomic E-state index is 10.5. The van der Waals surface area contributed by atoms with Crippen molar-refractivity contribution in [3.05, 3.63) is 11.9 Å².